The SMILES string of the molecule is CC=C(C)C(=O)OC1CCC2(C)CC(=O)C3(CC2C1(C)O)OC3(C)C. The molecule has 0 amide bonds. The first-order valence-electron chi connectivity index (χ1n) is 9.19. The van der Waals surface area contributed by atoms with Crippen molar-refractivity contribution in [2.24, 2.45) is 11.3 Å². The van der Waals surface area contributed by atoms with Gasteiger partial charge in [-0.2, -0.15) is 0 Å². The maximum Gasteiger partial charge on any atom is 0.333 e. The van der Waals surface area contributed by atoms with Crippen molar-refractivity contribution in [3.63, 3.8) is 0 Å². The van der Waals surface area contributed by atoms with Crippen LogP contribution in [0.1, 0.15) is 67.2 Å². The second-order valence-electron chi connectivity index (χ2n) is 9.08. The molecule has 1 saturated heterocycles. The van der Waals surface area contributed by atoms with Crippen molar-refractivity contribution in [3.8, 4) is 0 Å². The molecule has 140 valence electrons. The van der Waals surface area contributed by atoms with E-state index in [1.807, 2.05) is 13.8 Å². The molecule has 3 rings (SSSR count). The van der Waals surface area contributed by atoms with Crippen LogP contribution < -0.4 is 0 Å². The van der Waals surface area contributed by atoms with Gasteiger partial charge in [0.25, 0.3) is 0 Å². The van der Waals surface area contributed by atoms with Gasteiger partial charge < -0.3 is 14.6 Å². The Bertz CT molecular complexity index is 646. The van der Waals surface area contributed by atoms with Gasteiger partial charge in [0.2, 0.25) is 0 Å². The van der Waals surface area contributed by atoms with Crippen molar-refractivity contribution in [1.82, 2.24) is 0 Å². The van der Waals surface area contributed by atoms with E-state index in [1.54, 1.807) is 26.8 Å². The lowest BCUT2D eigenvalue weighted by molar-refractivity contribution is -0.204. The quantitative estimate of drug-likeness (QED) is 0.471. The van der Waals surface area contributed by atoms with Gasteiger partial charge >= 0.3 is 5.97 Å². The normalized spacial score (nSPS) is 45.9. The molecule has 5 atom stereocenters. The molecule has 0 radical (unpaired) electrons. The molecule has 1 aliphatic heterocycles. The van der Waals surface area contributed by atoms with Crippen LogP contribution in [0.15, 0.2) is 11.6 Å². The van der Waals surface area contributed by atoms with E-state index in [0.717, 1.165) is 6.42 Å². The van der Waals surface area contributed by atoms with Gasteiger partial charge in [0.15, 0.2) is 11.4 Å². The fourth-order valence-corrected chi connectivity index (χ4v) is 5.04. The van der Waals surface area contributed by atoms with Gasteiger partial charge in [-0.25, -0.2) is 4.79 Å². The van der Waals surface area contributed by atoms with Crippen LogP contribution in [-0.2, 0) is 19.1 Å². The molecule has 0 aromatic rings. The summed E-state index contributed by atoms with van der Waals surface area (Å²) >= 11 is 0. The Kier molecular flexibility index (Phi) is 4.01. The highest BCUT2D eigenvalue weighted by Gasteiger charge is 2.74. The Hall–Kier alpha value is -1.20. The highest BCUT2D eigenvalue weighted by atomic mass is 16.6. The van der Waals surface area contributed by atoms with E-state index >= 15 is 0 Å². The van der Waals surface area contributed by atoms with E-state index in [0.29, 0.717) is 24.8 Å². The zero-order valence-corrected chi connectivity index (χ0v) is 16.1. The van der Waals surface area contributed by atoms with Crippen molar-refractivity contribution in [3.05, 3.63) is 11.6 Å². The number of hydrogen-bond donors (Lipinski definition) is 1. The molecule has 3 fully saturated rings. The summed E-state index contributed by atoms with van der Waals surface area (Å²) in [7, 11) is 0. The summed E-state index contributed by atoms with van der Waals surface area (Å²) < 4.78 is 11.5. The number of epoxide rings is 1. The molecule has 5 unspecified atom stereocenters. The maximum absolute atomic E-state index is 12.8. The molecule has 2 saturated carbocycles. The number of carbonyl (C=O) groups excluding carboxylic acids is 2. The lowest BCUT2D eigenvalue weighted by atomic mass is 9.51. The predicted octanol–water partition coefficient (Wildman–Crippen LogP) is 2.94. The van der Waals surface area contributed by atoms with E-state index in [-0.39, 0.29) is 23.1 Å². The first-order valence-corrected chi connectivity index (χ1v) is 9.19. The van der Waals surface area contributed by atoms with E-state index in [4.69, 9.17) is 9.47 Å². The zero-order chi connectivity index (χ0) is 18.8. The molecular formula is C20H30O5. The molecule has 1 heterocycles. The van der Waals surface area contributed by atoms with Gasteiger partial charge in [0.05, 0.1) is 0 Å². The van der Waals surface area contributed by atoms with E-state index < -0.39 is 22.9 Å². The summed E-state index contributed by atoms with van der Waals surface area (Å²) in [6, 6.07) is 0. The Morgan fingerprint density at radius 2 is 1.92 bits per heavy atom. The van der Waals surface area contributed by atoms with E-state index in [9.17, 15) is 14.7 Å². The molecule has 5 nitrogen and oxygen atoms in total. The highest BCUT2D eigenvalue weighted by molar-refractivity contribution is 5.93. The maximum atomic E-state index is 12.8. The fraction of sp³-hybridized carbons (Fsp3) is 0.800. The molecule has 0 aromatic heterocycles. The third-order valence-electron chi connectivity index (χ3n) is 7.05. The summed E-state index contributed by atoms with van der Waals surface area (Å²) in [5, 5.41) is 11.4. The number of ketones is 1. The number of rotatable bonds is 2. The van der Waals surface area contributed by atoms with E-state index in [2.05, 4.69) is 6.92 Å². The van der Waals surface area contributed by atoms with Gasteiger partial charge in [0, 0.05) is 17.9 Å². The lowest BCUT2D eigenvalue weighted by Crippen LogP contribution is -2.62. The number of esters is 1. The zero-order valence-electron chi connectivity index (χ0n) is 16.1. The fourth-order valence-electron chi connectivity index (χ4n) is 5.04. The predicted molar refractivity (Wildman–Crippen MR) is 92.9 cm³/mol. The highest BCUT2D eigenvalue weighted by Crippen LogP contribution is 2.64. The van der Waals surface area contributed by atoms with Gasteiger partial charge in [-0.1, -0.05) is 13.0 Å². The lowest BCUT2D eigenvalue weighted by Gasteiger charge is -2.55. The third-order valence-corrected chi connectivity index (χ3v) is 7.05. The largest absolute Gasteiger partial charge is 0.456 e. The Morgan fingerprint density at radius 3 is 2.44 bits per heavy atom. The van der Waals surface area contributed by atoms with Crippen molar-refractivity contribution in [2.75, 3.05) is 0 Å². The van der Waals surface area contributed by atoms with Crippen molar-refractivity contribution in [1.29, 1.82) is 0 Å². The minimum atomic E-state index is -1.19. The molecule has 25 heavy (non-hydrogen) atoms. The van der Waals surface area contributed by atoms with Crippen LogP contribution in [0.5, 0.6) is 0 Å². The van der Waals surface area contributed by atoms with Crippen LogP contribution in [-0.4, -0.2) is 39.8 Å². The molecular weight excluding hydrogens is 320 g/mol. The molecule has 0 bridgehead atoms. The minimum Gasteiger partial charge on any atom is -0.456 e. The van der Waals surface area contributed by atoms with Gasteiger partial charge in [0.1, 0.15) is 17.3 Å². The summed E-state index contributed by atoms with van der Waals surface area (Å²) in [6.45, 7) is 11.2. The molecule has 1 spiro atoms. The molecule has 3 aliphatic rings. The van der Waals surface area contributed by atoms with Crippen LogP contribution in [0.25, 0.3) is 0 Å². The molecule has 5 heteroatoms. The average molecular weight is 350 g/mol. The first-order chi connectivity index (χ1) is 11.4. The third kappa shape index (κ3) is 2.58. The molecule has 1 N–H and O–H groups in total. The van der Waals surface area contributed by atoms with Crippen LogP contribution in [0.2, 0.25) is 0 Å². The summed E-state index contributed by atoms with van der Waals surface area (Å²) in [5.74, 6) is -0.398. The topological polar surface area (TPSA) is 76.1 Å². The van der Waals surface area contributed by atoms with Crippen molar-refractivity contribution in [2.45, 2.75) is 90.1 Å². The number of aliphatic hydroxyl groups is 1. The Labute approximate surface area is 149 Å². The Morgan fingerprint density at radius 1 is 1.32 bits per heavy atom. The average Bonchev–Trinajstić information content (AvgIpc) is 3.07. The number of hydrogen-bond acceptors (Lipinski definition) is 5. The van der Waals surface area contributed by atoms with Crippen LogP contribution in [0.4, 0.5) is 0 Å². The van der Waals surface area contributed by atoms with Crippen LogP contribution in [0.3, 0.4) is 0 Å². The number of Topliss-reactive ketones (excluding diaryl/α,β-unsaturated/α-hetero) is 1. The van der Waals surface area contributed by atoms with E-state index in [1.165, 1.54) is 0 Å². The standard InChI is InChI=1S/C20H30O5/c1-7-12(2)16(22)24-15-8-9-18(5)11-14(21)20(17(3,4)25-20)10-13(18)19(15,6)23/h7,13,15,23H,8-11H2,1-6H3. The number of carbonyl (C=O) groups is 2. The van der Waals surface area contributed by atoms with Crippen LogP contribution in [0, 0.1) is 11.3 Å². The van der Waals surface area contributed by atoms with Crippen molar-refractivity contribution >= 4 is 11.8 Å². The summed E-state index contributed by atoms with van der Waals surface area (Å²) in [6.07, 6.45) is 3.35. The van der Waals surface area contributed by atoms with Gasteiger partial charge in [-0.15, -0.1) is 0 Å². The second-order valence-corrected chi connectivity index (χ2v) is 9.08. The minimum absolute atomic E-state index is 0.146. The molecule has 0 aromatic carbocycles. The Balaban J connectivity index is 1.87. The van der Waals surface area contributed by atoms with Gasteiger partial charge in [-0.3, -0.25) is 4.79 Å². The van der Waals surface area contributed by atoms with Crippen molar-refractivity contribution < 1.29 is 24.2 Å². The summed E-state index contributed by atoms with van der Waals surface area (Å²) in [4.78, 5) is 24.9. The number of ether oxygens (including phenoxy) is 2. The number of fused-ring (bicyclic) bond motifs is 1. The van der Waals surface area contributed by atoms with Crippen LogP contribution >= 0.6 is 0 Å². The number of allylic oxidation sites excluding steroid dienone is 1. The summed E-state index contributed by atoms with van der Waals surface area (Å²) in [5.41, 5.74) is -2.20. The first kappa shape index (κ1) is 18.6. The smallest absolute Gasteiger partial charge is 0.333 e. The van der Waals surface area contributed by atoms with Gasteiger partial charge in [-0.05, 0) is 59.3 Å². The second kappa shape index (κ2) is 5.40. The molecule has 2 aliphatic carbocycles. The monoisotopic (exact) mass is 350 g/mol.